The van der Waals surface area contributed by atoms with Crippen molar-refractivity contribution in [3.63, 3.8) is 0 Å². The molecule has 2 heterocycles. The lowest BCUT2D eigenvalue weighted by Crippen LogP contribution is -2.05. The van der Waals surface area contributed by atoms with E-state index >= 15 is 0 Å². The van der Waals surface area contributed by atoms with Crippen LogP contribution in [0.15, 0.2) is 41.0 Å². The summed E-state index contributed by atoms with van der Waals surface area (Å²) in [5, 5.41) is 0. The Balaban J connectivity index is 2.15. The van der Waals surface area contributed by atoms with E-state index in [0.717, 1.165) is 27.0 Å². The number of hydrogen-bond acceptors (Lipinski definition) is 2. The SMILES string of the molecule is Cc1ccnc2c1nc(CCl)n2Cc1ccccc1Br. The Hall–Kier alpha value is -1.39. The topological polar surface area (TPSA) is 30.7 Å². The fourth-order valence-corrected chi connectivity index (χ4v) is 2.86. The van der Waals surface area contributed by atoms with Gasteiger partial charge in [-0.15, -0.1) is 11.6 Å². The van der Waals surface area contributed by atoms with Gasteiger partial charge in [0, 0.05) is 10.7 Å². The van der Waals surface area contributed by atoms with E-state index in [2.05, 4.69) is 36.5 Å². The smallest absolute Gasteiger partial charge is 0.160 e. The van der Waals surface area contributed by atoms with Crippen LogP contribution in [0, 0.1) is 6.92 Å². The van der Waals surface area contributed by atoms with E-state index in [-0.39, 0.29) is 0 Å². The molecule has 0 aliphatic heterocycles. The Morgan fingerprint density at radius 2 is 2.05 bits per heavy atom. The third-order valence-electron chi connectivity index (χ3n) is 3.32. The van der Waals surface area contributed by atoms with Crippen molar-refractivity contribution in [2.24, 2.45) is 0 Å². The second kappa shape index (κ2) is 5.54. The number of benzene rings is 1. The van der Waals surface area contributed by atoms with Gasteiger partial charge in [-0.2, -0.15) is 0 Å². The molecular formula is C15H13BrClN3. The van der Waals surface area contributed by atoms with Gasteiger partial charge in [0.15, 0.2) is 5.65 Å². The quantitative estimate of drug-likeness (QED) is 0.660. The molecule has 2 aromatic heterocycles. The van der Waals surface area contributed by atoms with Crippen LogP contribution < -0.4 is 0 Å². The second-order valence-corrected chi connectivity index (χ2v) is 5.76. The van der Waals surface area contributed by atoms with E-state index in [4.69, 9.17) is 11.6 Å². The molecule has 0 unspecified atom stereocenters. The summed E-state index contributed by atoms with van der Waals surface area (Å²) >= 11 is 9.62. The maximum absolute atomic E-state index is 6.04. The lowest BCUT2D eigenvalue weighted by atomic mass is 10.2. The molecule has 0 amide bonds. The number of pyridine rings is 1. The minimum atomic E-state index is 0.375. The van der Waals surface area contributed by atoms with E-state index in [1.807, 2.05) is 37.4 Å². The molecule has 0 fully saturated rings. The first kappa shape index (κ1) is 13.6. The summed E-state index contributed by atoms with van der Waals surface area (Å²) in [4.78, 5) is 9.07. The maximum Gasteiger partial charge on any atom is 0.160 e. The van der Waals surface area contributed by atoms with Crippen molar-refractivity contribution in [2.45, 2.75) is 19.3 Å². The van der Waals surface area contributed by atoms with E-state index in [9.17, 15) is 0 Å². The number of fused-ring (bicyclic) bond motifs is 1. The van der Waals surface area contributed by atoms with Crippen molar-refractivity contribution in [1.82, 2.24) is 14.5 Å². The molecule has 0 spiro atoms. The average molecular weight is 351 g/mol. The molecule has 0 aliphatic carbocycles. The van der Waals surface area contributed by atoms with Crippen LogP contribution in [-0.2, 0) is 12.4 Å². The molecule has 3 aromatic rings. The standard InChI is InChI=1S/C15H13BrClN3/c1-10-6-7-18-15-14(10)19-13(8-17)20(15)9-11-4-2-3-5-12(11)16/h2-7H,8-9H2,1H3. The van der Waals surface area contributed by atoms with E-state index in [1.165, 1.54) is 5.56 Å². The lowest BCUT2D eigenvalue weighted by Gasteiger charge is -2.09. The van der Waals surface area contributed by atoms with Gasteiger partial charge in [-0.25, -0.2) is 9.97 Å². The van der Waals surface area contributed by atoms with Gasteiger partial charge in [0.2, 0.25) is 0 Å². The minimum absolute atomic E-state index is 0.375. The number of nitrogens with zero attached hydrogens (tertiary/aromatic N) is 3. The van der Waals surface area contributed by atoms with Crippen molar-refractivity contribution in [3.05, 3.63) is 58.0 Å². The fourth-order valence-electron chi connectivity index (χ4n) is 2.25. The maximum atomic E-state index is 6.04. The van der Waals surface area contributed by atoms with Crippen molar-refractivity contribution < 1.29 is 0 Å². The summed E-state index contributed by atoms with van der Waals surface area (Å²) in [6.07, 6.45) is 1.81. The number of aryl methyl sites for hydroxylation is 1. The monoisotopic (exact) mass is 349 g/mol. The molecule has 0 N–H and O–H groups in total. The predicted molar refractivity (Wildman–Crippen MR) is 85.1 cm³/mol. The van der Waals surface area contributed by atoms with E-state index in [0.29, 0.717) is 12.4 Å². The summed E-state index contributed by atoms with van der Waals surface area (Å²) in [5.74, 6) is 1.22. The van der Waals surface area contributed by atoms with Gasteiger partial charge in [-0.05, 0) is 30.2 Å². The van der Waals surface area contributed by atoms with Crippen molar-refractivity contribution in [1.29, 1.82) is 0 Å². The fraction of sp³-hybridized carbons (Fsp3) is 0.200. The van der Waals surface area contributed by atoms with Crippen molar-refractivity contribution in [2.75, 3.05) is 0 Å². The highest BCUT2D eigenvalue weighted by Gasteiger charge is 2.13. The van der Waals surface area contributed by atoms with Gasteiger partial charge in [-0.3, -0.25) is 0 Å². The largest absolute Gasteiger partial charge is 0.307 e. The van der Waals surface area contributed by atoms with Crippen molar-refractivity contribution >= 4 is 38.7 Å². The molecule has 0 bridgehead atoms. The summed E-state index contributed by atoms with van der Waals surface area (Å²) in [6, 6.07) is 10.1. The molecule has 20 heavy (non-hydrogen) atoms. The van der Waals surface area contributed by atoms with Crippen LogP contribution in [0.4, 0.5) is 0 Å². The number of imidazole rings is 1. The predicted octanol–water partition coefficient (Wildman–Crippen LogP) is 4.29. The Labute approximate surface area is 130 Å². The lowest BCUT2D eigenvalue weighted by molar-refractivity contribution is 0.768. The average Bonchev–Trinajstić information content (AvgIpc) is 2.81. The number of aromatic nitrogens is 3. The summed E-state index contributed by atoms with van der Waals surface area (Å²) in [7, 11) is 0. The van der Waals surface area contributed by atoms with Gasteiger partial charge >= 0.3 is 0 Å². The molecule has 0 saturated carbocycles. The first-order valence-corrected chi connectivity index (χ1v) is 7.63. The number of hydrogen-bond donors (Lipinski definition) is 0. The van der Waals surface area contributed by atoms with Crippen LogP contribution in [-0.4, -0.2) is 14.5 Å². The molecule has 0 radical (unpaired) electrons. The number of halogens is 2. The first-order chi connectivity index (χ1) is 9.70. The first-order valence-electron chi connectivity index (χ1n) is 6.31. The Bertz CT molecular complexity index is 767. The third kappa shape index (κ3) is 2.34. The zero-order valence-corrected chi connectivity index (χ0v) is 13.3. The molecule has 102 valence electrons. The van der Waals surface area contributed by atoms with Gasteiger partial charge in [0.05, 0.1) is 12.4 Å². The molecule has 1 aromatic carbocycles. The van der Waals surface area contributed by atoms with Crippen LogP contribution in [0.3, 0.4) is 0 Å². The summed E-state index contributed by atoms with van der Waals surface area (Å²) in [5.41, 5.74) is 4.11. The zero-order valence-electron chi connectivity index (χ0n) is 11.0. The summed E-state index contributed by atoms with van der Waals surface area (Å²) < 4.78 is 3.16. The van der Waals surface area contributed by atoms with Crippen molar-refractivity contribution in [3.8, 4) is 0 Å². The highest BCUT2D eigenvalue weighted by Crippen LogP contribution is 2.23. The molecule has 3 rings (SSSR count). The molecular weight excluding hydrogens is 338 g/mol. The van der Waals surface area contributed by atoms with E-state index < -0.39 is 0 Å². The van der Waals surface area contributed by atoms with Crippen LogP contribution in [0.25, 0.3) is 11.2 Å². The van der Waals surface area contributed by atoms with Crippen LogP contribution in [0.2, 0.25) is 0 Å². The molecule has 0 atom stereocenters. The van der Waals surface area contributed by atoms with Crippen LogP contribution in [0.5, 0.6) is 0 Å². The van der Waals surface area contributed by atoms with Crippen LogP contribution in [0.1, 0.15) is 17.0 Å². The molecule has 0 saturated heterocycles. The summed E-state index contributed by atoms with van der Waals surface area (Å²) in [6.45, 7) is 2.74. The third-order valence-corrected chi connectivity index (χ3v) is 4.33. The highest BCUT2D eigenvalue weighted by atomic mass is 79.9. The Morgan fingerprint density at radius 3 is 2.80 bits per heavy atom. The number of rotatable bonds is 3. The van der Waals surface area contributed by atoms with Gasteiger partial charge in [-0.1, -0.05) is 34.1 Å². The van der Waals surface area contributed by atoms with E-state index in [1.54, 1.807) is 0 Å². The minimum Gasteiger partial charge on any atom is -0.307 e. The molecule has 3 nitrogen and oxygen atoms in total. The van der Waals surface area contributed by atoms with Gasteiger partial charge in [0.1, 0.15) is 11.3 Å². The molecule has 0 aliphatic rings. The second-order valence-electron chi connectivity index (χ2n) is 4.64. The Kier molecular flexibility index (Phi) is 3.76. The molecule has 5 heteroatoms. The normalized spacial score (nSPS) is 11.2. The van der Waals surface area contributed by atoms with Gasteiger partial charge in [0.25, 0.3) is 0 Å². The van der Waals surface area contributed by atoms with Gasteiger partial charge < -0.3 is 4.57 Å². The zero-order chi connectivity index (χ0) is 14.1. The highest BCUT2D eigenvalue weighted by molar-refractivity contribution is 9.10. The number of alkyl halides is 1. The van der Waals surface area contributed by atoms with Crippen LogP contribution >= 0.6 is 27.5 Å². The Morgan fingerprint density at radius 1 is 1.25 bits per heavy atom.